The summed E-state index contributed by atoms with van der Waals surface area (Å²) in [5.74, 6) is -2.38. The minimum absolute atomic E-state index is 0.0969. The van der Waals surface area contributed by atoms with Crippen molar-refractivity contribution in [1.29, 1.82) is 0 Å². The van der Waals surface area contributed by atoms with Gasteiger partial charge in [0.05, 0.1) is 5.41 Å². The van der Waals surface area contributed by atoms with Gasteiger partial charge in [0.15, 0.2) is 28.8 Å². The second kappa shape index (κ2) is 14.9. The van der Waals surface area contributed by atoms with Crippen LogP contribution >= 0.6 is 0 Å². The Bertz CT molecular complexity index is 1570. The van der Waals surface area contributed by atoms with Crippen LogP contribution in [0, 0.1) is 22.2 Å². The van der Waals surface area contributed by atoms with Gasteiger partial charge in [0.2, 0.25) is 0 Å². The Morgan fingerprint density at radius 2 is 1.49 bits per heavy atom. The maximum Gasteiger partial charge on any atom is 0.184 e. The van der Waals surface area contributed by atoms with E-state index in [2.05, 4.69) is 25.7 Å². The molecule has 0 unspecified atom stereocenters. The molecule has 1 aromatic carbocycles. The summed E-state index contributed by atoms with van der Waals surface area (Å²) < 4.78 is 5.49. The standard InChI is InChI=1S/C41H54O6/c1-11-23-47-33-17-15-30(24-32(33)42)35(43)34-36(44)40(21-18-28(6)7)25-31(16-14-27(4)5)39(10,20-12-13-26(2)3)41(37(34)45,38(40)46)22-19-29(8)9/h11,13-15,17-19,24,31,42-43H,1,12,16,20-23,25H2,2-10H3/b35-34+/t31-,39+,40-,41+/m0/s1. The van der Waals surface area contributed by atoms with Crippen molar-refractivity contribution in [2.45, 2.75) is 101 Å². The van der Waals surface area contributed by atoms with Gasteiger partial charge in [-0.05, 0) is 123 Å². The molecule has 2 N–H and O–H groups in total. The second-order valence-corrected chi connectivity index (χ2v) is 14.6. The first-order valence-electron chi connectivity index (χ1n) is 16.7. The number of Topliss-reactive ketones (excluding diaryl/α,β-unsaturated/α-hetero) is 3. The molecule has 254 valence electrons. The van der Waals surface area contributed by atoms with Gasteiger partial charge in [-0.3, -0.25) is 14.4 Å². The Morgan fingerprint density at radius 1 is 0.894 bits per heavy atom. The van der Waals surface area contributed by atoms with Crippen LogP contribution in [0.3, 0.4) is 0 Å². The summed E-state index contributed by atoms with van der Waals surface area (Å²) in [5.41, 5.74) is -0.0327. The lowest BCUT2D eigenvalue weighted by Gasteiger charge is -2.61. The van der Waals surface area contributed by atoms with Crippen LogP contribution < -0.4 is 4.74 Å². The fourth-order valence-corrected chi connectivity index (χ4v) is 7.39. The highest BCUT2D eigenvalue weighted by atomic mass is 16.5. The molecule has 0 amide bonds. The second-order valence-electron chi connectivity index (χ2n) is 14.6. The first-order valence-corrected chi connectivity index (χ1v) is 16.7. The summed E-state index contributed by atoms with van der Waals surface area (Å²) >= 11 is 0. The molecule has 47 heavy (non-hydrogen) atoms. The molecule has 2 aliphatic carbocycles. The Labute approximate surface area is 281 Å². The van der Waals surface area contributed by atoms with Crippen molar-refractivity contribution >= 4 is 23.1 Å². The summed E-state index contributed by atoms with van der Waals surface area (Å²) in [7, 11) is 0. The van der Waals surface area contributed by atoms with Crippen molar-refractivity contribution in [3.63, 3.8) is 0 Å². The van der Waals surface area contributed by atoms with Gasteiger partial charge < -0.3 is 14.9 Å². The van der Waals surface area contributed by atoms with E-state index in [4.69, 9.17) is 4.74 Å². The van der Waals surface area contributed by atoms with Crippen LogP contribution in [0.1, 0.15) is 106 Å². The quantitative estimate of drug-likeness (QED) is 0.0730. The number of carbonyl (C=O) groups excluding carboxylic acids is 3. The van der Waals surface area contributed by atoms with Gasteiger partial charge in [-0.2, -0.15) is 0 Å². The van der Waals surface area contributed by atoms with Crippen LogP contribution in [0.15, 0.2) is 83.0 Å². The Balaban J connectivity index is 2.47. The number of aromatic hydroxyl groups is 1. The molecule has 0 heterocycles. The molecule has 4 atom stereocenters. The molecule has 0 spiro atoms. The maximum absolute atomic E-state index is 15.3. The molecule has 2 bridgehead atoms. The Kier molecular flexibility index (Phi) is 11.9. The highest BCUT2D eigenvalue weighted by molar-refractivity contribution is 6.41. The average molecular weight is 643 g/mol. The molecule has 0 aromatic heterocycles. The number of phenolic OH excluding ortho intramolecular Hbond substituents is 1. The summed E-state index contributed by atoms with van der Waals surface area (Å²) in [4.78, 5) is 45.4. The molecule has 2 saturated carbocycles. The van der Waals surface area contributed by atoms with Gasteiger partial charge in [-0.15, -0.1) is 0 Å². The van der Waals surface area contributed by atoms with E-state index in [0.29, 0.717) is 19.3 Å². The van der Waals surface area contributed by atoms with E-state index in [1.165, 1.54) is 18.2 Å². The molecule has 0 saturated heterocycles. The van der Waals surface area contributed by atoms with Crippen LogP contribution in [0.25, 0.3) is 5.76 Å². The highest BCUT2D eigenvalue weighted by Gasteiger charge is 2.74. The third kappa shape index (κ3) is 7.17. The van der Waals surface area contributed by atoms with Crippen molar-refractivity contribution in [3.05, 3.63) is 88.6 Å². The first-order chi connectivity index (χ1) is 22.0. The predicted octanol–water partition coefficient (Wildman–Crippen LogP) is 9.76. The van der Waals surface area contributed by atoms with E-state index < -0.39 is 33.6 Å². The minimum Gasteiger partial charge on any atom is -0.506 e. The van der Waals surface area contributed by atoms with Crippen molar-refractivity contribution in [3.8, 4) is 11.5 Å². The molecule has 6 nitrogen and oxygen atoms in total. The number of benzene rings is 1. The molecule has 1 aromatic rings. The van der Waals surface area contributed by atoms with E-state index in [1.54, 1.807) is 6.08 Å². The number of carbonyl (C=O) groups is 3. The van der Waals surface area contributed by atoms with Gasteiger partial charge in [0.25, 0.3) is 0 Å². The van der Waals surface area contributed by atoms with E-state index in [0.717, 1.165) is 22.3 Å². The third-order valence-electron chi connectivity index (χ3n) is 10.1. The molecular weight excluding hydrogens is 588 g/mol. The lowest BCUT2D eigenvalue weighted by atomic mass is 9.37. The number of phenols is 1. The van der Waals surface area contributed by atoms with Crippen LogP contribution in [-0.4, -0.2) is 34.2 Å². The molecular formula is C41H54O6. The SMILES string of the molecule is C=CCOc1ccc(/C(O)=C2/C(=O)[C@]3(CC=C(C)C)C[C@H](CC=C(C)C)[C@@](C)(CCC=C(C)C)[C@](CC=C(C)C)(C2=O)C3=O)cc1O. The summed E-state index contributed by atoms with van der Waals surface area (Å²) in [5, 5.41) is 22.6. The van der Waals surface area contributed by atoms with Crippen LogP contribution in [0.2, 0.25) is 0 Å². The summed E-state index contributed by atoms with van der Waals surface area (Å²) in [6.07, 6.45) is 12.1. The number of hydrogen-bond acceptors (Lipinski definition) is 6. The van der Waals surface area contributed by atoms with Crippen molar-refractivity contribution in [1.82, 2.24) is 0 Å². The summed E-state index contributed by atoms with van der Waals surface area (Å²) in [6, 6.07) is 4.26. The number of aliphatic hydroxyl groups is 1. The molecule has 2 aliphatic rings. The minimum atomic E-state index is -1.60. The molecule has 2 fully saturated rings. The number of fused-ring (bicyclic) bond motifs is 2. The zero-order chi connectivity index (χ0) is 35.3. The monoisotopic (exact) mass is 642 g/mol. The Morgan fingerprint density at radius 3 is 2.04 bits per heavy atom. The van der Waals surface area contributed by atoms with Gasteiger partial charge in [0.1, 0.15) is 23.4 Å². The van der Waals surface area contributed by atoms with E-state index in [9.17, 15) is 15.0 Å². The number of aliphatic hydroxyl groups excluding tert-OH is 1. The van der Waals surface area contributed by atoms with E-state index in [1.807, 2.05) is 67.5 Å². The third-order valence-corrected chi connectivity index (χ3v) is 10.1. The van der Waals surface area contributed by atoms with E-state index in [-0.39, 0.29) is 60.2 Å². The topological polar surface area (TPSA) is 101 Å². The van der Waals surface area contributed by atoms with Crippen LogP contribution in [-0.2, 0) is 14.4 Å². The van der Waals surface area contributed by atoms with Gasteiger partial charge >= 0.3 is 0 Å². The Hall–Kier alpha value is -3.93. The number of hydrogen-bond donors (Lipinski definition) is 2. The van der Waals surface area contributed by atoms with Gasteiger partial charge in [0, 0.05) is 5.56 Å². The van der Waals surface area contributed by atoms with Crippen molar-refractivity contribution < 1.29 is 29.3 Å². The fraction of sp³-hybridized carbons (Fsp3) is 0.488. The highest BCUT2D eigenvalue weighted by Crippen LogP contribution is 2.67. The molecule has 6 heteroatoms. The lowest BCUT2D eigenvalue weighted by Crippen LogP contribution is -2.70. The van der Waals surface area contributed by atoms with Gasteiger partial charge in [-0.1, -0.05) is 66.2 Å². The first kappa shape index (κ1) is 37.5. The predicted molar refractivity (Wildman–Crippen MR) is 190 cm³/mol. The van der Waals surface area contributed by atoms with Crippen molar-refractivity contribution in [2.24, 2.45) is 22.2 Å². The largest absolute Gasteiger partial charge is 0.506 e. The zero-order valence-corrected chi connectivity index (χ0v) is 29.9. The smallest absolute Gasteiger partial charge is 0.184 e. The number of ketones is 3. The van der Waals surface area contributed by atoms with Gasteiger partial charge in [-0.25, -0.2) is 0 Å². The van der Waals surface area contributed by atoms with Crippen LogP contribution in [0.4, 0.5) is 0 Å². The number of ether oxygens (including phenoxy) is 1. The molecule has 0 aliphatic heterocycles. The number of rotatable bonds is 13. The lowest BCUT2D eigenvalue weighted by molar-refractivity contribution is -0.178. The summed E-state index contributed by atoms with van der Waals surface area (Å²) in [6.45, 7) is 21.7. The van der Waals surface area contributed by atoms with Crippen molar-refractivity contribution in [2.75, 3.05) is 6.61 Å². The zero-order valence-electron chi connectivity index (χ0n) is 29.9. The number of allylic oxidation sites excluding steroid dienone is 9. The maximum atomic E-state index is 15.3. The van der Waals surface area contributed by atoms with E-state index >= 15 is 9.59 Å². The molecule has 3 rings (SSSR count). The average Bonchev–Trinajstić information content (AvgIpc) is 2.98. The molecule has 0 radical (unpaired) electrons. The van der Waals surface area contributed by atoms with Crippen LogP contribution in [0.5, 0.6) is 11.5 Å². The fourth-order valence-electron chi connectivity index (χ4n) is 7.39. The normalized spacial score (nSPS) is 26.2.